The van der Waals surface area contributed by atoms with Crippen LogP contribution >= 0.6 is 11.3 Å². The van der Waals surface area contributed by atoms with E-state index in [1.54, 1.807) is 23.6 Å². The van der Waals surface area contributed by atoms with Crippen LogP contribution in [0, 0.1) is 12.7 Å². The van der Waals surface area contributed by atoms with Gasteiger partial charge < -0.3 is 9.73 Å². The van der Waals surface area contributed by atoms with Gasteiger partial charge in [-0.1, -0.05) is 6.07 Å². The zero-order chi connectivity index (χ0) is 18.8. The Labute approximate surface area is 157 Å². The molecule has 27 heavy (non-hydrogen) atoms. The summed E-state index contributed by atoms with van der Waals surface area (Å²) in [6, 6.07) is 11.5. The summed E-state index contributed by atoms with van der Waals surface area (Å²) in [5, 5.41) is 12.7. The van der Waals surface area contributed by atoms with Crippen molar-refractivity contribution in [3.63, 3.8) is 0 Å². The number of rotatable bonds is 4. The van der Waals surface area contributed by atoms with Crippen molar-refractivity contribution in [2.24, 2.45) is 0 Å². The van der Waals surface area contributed by atoms with E-state index in [9.17, 15) is 9.18 Å². The van der Waals surface area contributed by atoms with E-state index >= 15 is 0 Å². The second-order valence-electron chi connectivity index (χ2n) is 5.77. The van der Waals surface area contributed by atoms with Gasteiger partial charge >= 0.3 is 0 Å². The van der Waals surface area contributed by atoms with Gasteiger partial charge in [0.05, 0.1) is 0 Å². The molecule has 0 fully saturated rings. The first-order chi connectivity index (χ1) is 13.1. The van der Waals surface area contributed by atoms with Crippen molar-refractivity contribution in [3.8, 4) is 22.0 Å². The summed E-state index contributed by atoms with van der Waals surface area (Å²) >= 11 is 1.33. The molecule has 0 bridgehead atoms. The fraction of sp³-hybridized carbons (Fsp3) is 0.0526. The van der Waals surface area contributed by atoms with Gasteiger partial charge in [-0.3, -0.25) is 4.79 Å². The molecule has 0 aliphatic carbocycles. The molecule has 0 radical (unpaired) electrons. The monoisotopic (exact) mass is 380 g/mol. The van der Waals surface area contributed by atoms with Gasteiger partial charge in [-0.25, -0.2) is 9.37 Å². The van der Waals surface area contributed by atoms with Crippen molar-refractivity contribution in [2.45, 2.75) is 6.92 Å². The van der Waals surface area contributed by atoms with Gasteiger partial charge in [0.15, 0.2) is 0 Å². The van der Waals surface area contributed by atoms with E-state index < -0.39 is 0 Å². The molecular weight excluding hydrogens is 367 g/mol. The number of aromatic nitrogens is 3. The summed E-state index contributed by atoms with van der Waals surface area (Å²) in [7, 11) is 0. The summed E-state index contributed by atoms with van der Waals surface area (Å²) < 4.78 is 18.2. The highest BCUT2D eigenvalue weighted by Gasteiger charge is 2.14. The lowest BCUT2D eigenvalue weighted by Gasteiger charge is -2.08. The average molecular weight is 380 g/mol. The number of nitrogens with zero attached hydrogens (tertiary/aromatic N) is 3. The minimum Gasteiger partial charge on any atom is -0.423 e. The molecule has 6 nitrogen and oxygen atoms in total. The number of hydrogen-bond acceptors (Lipinski definition) is 6. The first kappa shape index (κ1) is 17.0. The fourth-order valence-electron chi connectivity index (χ4n) is 2.48. The van der Waals surface area contributed by atoms with E-state index in [1.165, 1.54) is 29.9 Å². The number of carbonyl (C=O) groups is 1. The Kier molecular flexibility index (Phi) is 4.47. The van der Waals surface area contributed by atoms with Crippen molar-refractivity contribution in [2.75, 3.05) is 5.32 Å². The average Bonchev–Trinajstić information content (AvgIpc) is 3.36. The Bertz CT molecular complexity index is 1090. The summed E-state index contributed by atoms with van der Waals surface area (Å²) in [5.41, 5.74) is 3.28. The van der Waals surface area contributed by atoms with Gasteiger partial charge in [-0.2, -0.15) is 0 Å². The Hall–Kier alpha value is -3.39. The molecule has 0 saturated carbocycles. The number of hydrogen-bond donors (Lipinski definition) is 1. The number of benzene rings is 2. The second kappa shape index (κ2) is 7.08. The van der Waals surface area contributed by atoms with Crippen LogP contribution in [0.4, 0.5) is 10.1 Å². The van der Waals surface area contributed by atoms with Gasteiger partial charge in [-0.05, 0) is 48.9 Å². The molecule has 1 amide bonds. The number of thiazole rings is 1. The molecule has 4 aromatic rings. The smallest absolute Gasteiger partial charge is 0.275 e. The predicted octanol–water partition coefficient (Wildman–Crippen LogP) is 4.56. The van der Waals surface area contributed by atoms with Gasteiger partial charge in [0.25, 0.3) is 5.91 Å². The van der Waals surface area contributed by atoms with Gasteiger partial charge in [0.2, 0.25) is 12.3 Å². The van der Waals surface area contributed by atoms with Crippen LogP contribution in [0.3, 0.4) is 0 Å². The minimum atomic E-state index is -0.328. The molecule has 0 unspecified atom stereocenters. The van der Waals surface area contributed by atoms with Crippen molar-refractivity contribution < 1.29 is 13.6 Å². The number of halogens is 1. The van der Waals surface area contributed by atoms with Crippen LogP contribution in [-0.2, 0) is 0 Å². The van der Waals surface area contributed by atoms with E-state index in [0.29, 0.717) is 27.8 Å². The molecule has 0 saturated heterocycles. The Morgan fingerprint density at radius 1 is 1.15 bits per heavy atom. The summed E-state index contributed by atoms with van der Waals surface area (Å²) in [5.74, 6) is -0.270. The Morgan fingerprint density at radius 3 is 2.67 bits per heavy atom. The standard InChI is InChI=1S/C19H13FN4O2S/c1-11-2-3-13(18-24-21-10-26-18)8-15(11)22-17(25)16-9-27-19(23-16)12-4-6-14(20)7-5-12/h2-10H,1H3,(H,22,25). The van der Waals surface area contributed by atoms with Crippen molar-refractivity contribution in [1.82, 2.24) is 15.2 Å². The number of aryl methyl sites for hydroxylation is 1. The maximum atomic E-state index is 13.1. The summed E-state index contributed by atoms with van der Waals surface area (Å²) in [4.78, 5) is 16.9. The molecule has 2 aromatic carbocycles. The lowest BCUT2D eigenvalue weighted by molar-refractivity contribution is 0.102. The van der Waals surface area contributed by atoms with Crippen LogP contribution < -0.4 is 5.32 Å². The lowest BCUT2D eigenvalue weighted by Crippen LogP contribution is -2.13. The number of nitrogens with one attached hydrogen (secondary N) is 1. The molecular formula is C19H13FN4O2S. The van der Waals surface area contributed by atoms with Crippen LogP contribution in [0.5, 0.6) is 0 Å². The molecule has 0 atom stereocenters. The van der Waals surface area contributed by atoms with E-state index in [4.69, 9.17) is 4.42 Å². The van der Waals surface area contributed by atoms with Crippen molar-refractivity contribution >= 4 is 22.9 Å². The zero-order valence-corrected chi connectivity index (χ0v) is 15.0. The maximum Gasteiger partial charge on any atom is 0.275 e. The van der Waals surface area contributed by atoms with Gasteiger partial charge in [0.1, 0.15) is 16.5 Å². The quantitative estimate of drug-likeness (QED) is 0.561. The third-order valence-electron chi connectivity index (χ3n) is 3.92. The van der Waals surface area contributed by atoms with Gasteiger partial charge in [-0.15, -0.1) is 21.5 Å². The SMILES string of the molecule is Cc1ccc(-c2nnco2)cc1NC(=O)c1csc(-c2ccc(F)cc2)n1. The molecule has 2 heterocycles. The molecule has 0 spiro atoms. The molecule has 134 valence electrons. The molecule has 1 N–H and O–H groups in total. The van der Waals surface area contributed by atoms with Crippen molar-refractivity contribution in [1.29, 1.82) is 0 Å². The lowest BCUT2D eigenvalue weighted by atomic mass is 10.1. The Balaban J connectivity index is 1.56. The van der Waals surface area contributed by atoms with Crippen LogP contribution in [0.25, 0.3) is 22.0 Å². The molecule has 4 rings (SSSR count). The highest BCUT2D eigenvalue weighted by molar-refractivity contribution is 7.13. The van der Waals surface area contributed by atoms with Gasteiger partial charge in [0, 0.05) is 22.2 Å². The normalized spacial score (nSPS) is 10.7. The largest absolute Gasteiger partial charge is 0.423 e. The zero-order valence-electron chi connectivity index (χ0n) is 14.1. The minimum absolute atomic E-state index is 0.293. The summed E-state index contributed by atoms with van der Waals surface area (Å²) in [6.45, 7) is 1.89. The van der Waals surface area contributed by atoms with Crippen LogP contribution in [0.2, 0.25) is 0 Å². The van der Waals surface area contributed by atoms with E-state index in [2.05, 4.69) is 20.5 Å². The second-order valence-corrected chi connectivity index (χ2v) is 6.63. The highest BCUT2D eigenvalue weighted by atomic mass is 32.1. The predicted molar refractivity (Wildman–Crippen MR) is 99.9 cm³/mol. The number of carbonyl (C=O) groups excluding carboxylic acids is 1. The number of anilines is 1. The molecule has 8 heteroatoms. The third-order valence-corrected chi connectivity index (χ3v) is 4.81. The molecule has 2 aromatic heterocycles. The van der Waals surface area contributed by atoms with Crippen LogP contribution in [-0.4, -0.2) is 21.1 Å². The van der Waals surface area contributed by atoms with E-state index in [0.717, 1.165) is 11.1 Å². The first-order valence-corrected chi connectivity index (χ1v) is 8.88. The highest BCUT2D eigenvalue weighted by Crippen LogP contribution is 2.26. The maximum absolute atomic E-state index is 13.1. The summed E-state index contributed by atoms with van der Waals surface area (Å²) in [6.07, 6.45) is 1.25. The first-order valence-electron chi connectivity index (χ1n) is 8.00. The topological polar surface area (TPSA) is 80.9 Å². The Morgan fingerprint density at radius 2 is 1.93 bits per heavy atom. The number of amides is 1. The van der Waals surface area contributed by atoms with E-state index in [1.807, 2.05) is 19.1 Å². The third kappa shape index (κ3) is 3.61. The molecule has 0 aliphatic rings. The van der Waals surface area contributed by atoms with E-state index in [-0.39, 0.29) is 11.7 Å². The fourth-order valence-corrected chi connectivity index (χ4v) is 3.28. The van der Waals surface area contributed by atoms with Crippen LogP contribution in [0.1, 0.15) is 16.1 Å². The molecule has 0 aliphatic heterocycles. The van der Waals surface area contributed by atoms with Crippen molar-refractivity contribution in [3.05, 3.63) is 71.3 Å². The van der Waals surface area contributed by atoms with Crippen LogP contribution in [0.15, 0.2) is 58.7 Å².